The normalized spacial score (nSPS) is 12.1. The third kappa shape index (κ3) is 2.47. The molecular formula is C10H12O4. The van der Waals surface area contributed by atoms with Gasteiger partial charge in [0.1, 0.15) is 5.75 Å². The number of aliphatic hydroxyl groups is 1. The van der Waals surface area contributed by atoms with Crippen LogP contribution in [0.5, 0.6) is 5.75 Å². The number of aliphatic hydroxyl groups excluding tert-OH is 1. The summed E-state index contributed by atoms with van der Waals surface area (Å²) in [5.74, 6) is -0.594. The predicted octanol–water partition coefficient (Wildman–Crippen LogP) is 1.20. The fourth-order valence-electron chi connectivity index (χ4n) is 1.06. The van der Waals surface area contributed by atoms with E-state index in [0.29, 0.717) is 17.9 Å². The van der Waals surface area contributed by atoms with Crippen LogP contribution in [0.25, 0.3) is 0 Å². The Morgan fingerprint density at radius 1 is 1.43 bits per heavy atom. The van der Waals surface area contributed by atoms with E-state index in [-0.39, 0.29) is 0 Å². The minimum atomic E-state index is -1.47. The van der Waals surface area contributed by atoms with Crippen molar-refractivity contribution >= 4 is 5.97 Å². The zero-order chi connectivity index (χ0) is 10.6. The molecule has 0 aliphatic carbocycles. The van der Waals surface area contributed by atoms with E-state index in [0.717, 1.165) is 0 Å². The van der Waals surface area contributed by atoms with Crippen molar-refractivity contribution < 1.29 is 19.7 Å². The molecule has 0 saturated carbocycles. The second kappa shape index (κ2) is 4.62. The molecule has 1 aromatic rings. The number of rotatable bonds is 4. The molecule has 0 bridgehead atoms. The van der Waals surface area contributed by atoms with Crippen molar-refractivity contribution in [1.29, 1.82) is 0 Å². The maximum Gasteiger partial charge on any atom is 0.337 e. The van der Waals surface area contributed by atoms with Crippen LogP contribution in [0.2, 0.25) is 0 Å². The highest BCUT2D eigenvalue weighted by Crippen LogP contribution is 2.17. The summed E-state index contributed by atoms with van der Waals surface area (Å²) in [6, 6.07) is 6.32. The van der Waals surface area contributed by atoms with Crippen LogP contribution in [0.1, 0.15) is 18.6 Å². The molecule has 1 aromatic carbocycles. The highest BCUT2D eigenvalue weighted by molar-refractivity contribution is 5.74. The summed E-state index contributed by atoms with van der Waals surface area (Å²) in [6.45, 7) is 2.42. The van der Waals surface area contributed by atoms with Crippen LogP contribution in [0.3, 0.4) is 0 Å². The molecule has 0 fully saturated rings. The topological polar surface area (TPSA) is 66.8 Å². The van der Waals surface area contributed by atoms with Gasteiger partial charge < -0.3 is 14.9 Å². The van der Waals surface area contributed by atoms with Crippen LogP contribution in [-0.4, -0.2) is 22.8 Å². The maximum absolute atomic E-state index is 10.4. The van der Waals surface area contributed by atoms with Gasteiger partial charge in [-0.25, -0.2) is 4.79 Å². The summed E-state index contributed by atoms with van der Waals surface area (Å²) in [6.07, 6.45) is -1.47. The third-order valence-corrected chi connectivity index (χ3v) is 1.74. The van der Waals surface area contributed by atoms with Crippen molar-refractivity contribution in [2.75, 3.05) is 6.61 Å². The second-order valence-corrected chi connectivity index (χ2v) is 2.74. The molecule has 0 spiro atoms. The first-order chi connectivity index (χ1) is 6.65. The molecule has 4 nitrogen and oxygen atoms in total. The van der Waals surface area contributed by atoms with E-state index >= 15 is 0 Å². The lowest BCUT2D eigenvalue weighted by atomic mass is 10.1. The average Bonchev–Trinajstić information content (AvgIpc) is 2.18. The molecule has 1 atom stereocenters. The molecule has 4 heteroatoms. The Bertz CT molecular complexity index is 304. The van der Waals surface area contributed by atoms with Crippen LogP contribution in [0.15, 0.2) is 24.3 Å². The van der Waals surface area contributed by atoms with Crippen molar-refractivity contribution in [3.8, 4) is 5.75 Å². The Kier molecular flexibility index (Phi) is 3.48. The molecule has 0 saturated heterocycles. The molecule has 0 heterocycles. The van der Waals surface area contributed by atoms with Crippen molar-refractivity contribution in [3.63, 3.8) is 0 Å². The van der Waals surface area contributed by atoms with Gasteiger partial charge in [-0.1, -0.05) is 12.1 Å². The first-order valence-corrected chi connectivity index (χ1v) is 4.28. The molecule has 0 unspecified atom stereocenters. The lowest BCUT2D eigenvalue weighted by Crippen LogP contribution is -2.10. The van der Waals surface area contributed by atoms with Crippen molar-refractivity contribution in [1.82, 2.24) is 0 Å². The minimum Gasteiger partial charge on any atom is -0.494 e. The fourth-order valence-corrected chi connectivity index (χ4v) is 1.06. The average molecular weight is 196 g/mol. The third-order valence-electron chi connectivity index (χ3n) is 1.74. The standard InChI is InChI=1S/C10H12O4/c1-2-14-8-5-3-7(4-6-8)9(11)10(12)13/h3-6,9,11H,2H2,1H3,(H,12,13)/t9-/m0/s1. The van der Waals surface area contributed by atoms with Gasteiger partial charge in [-0.15, -0.1) is 0 Å². The van der Waals surface area contributed by atoms with Crippen LogP contribution in [-0.2, 0) is 4.79 Å². The number of carboxylic acid groups (broad SMARTS) is 1. The molecule has 76 valence electrons. The summed E-state index contributed by atoms with van der Waals surface area (Å²) in [4.78, 5) is 10.4. The lowest BCUT2D eigenvalue weighted by molar-refractivity contribution is -0.146. The number of carbonyl (C=O) groups is 1. The molecule has 1 rings (SSSR count). The molecule has 0 radical (unpaired) electrons. The van der Waals surface area contributed by atoms with E-state index in [2.05, 4.69) is 0 Å². The number of carboxylic acids is 1. The van der Waals surface area contributed by atoms with Gasteiger partial charge in [0.25, 0.3) is 0 Å². The van der Waals surface area contributed by atoms with Crippen LogP contribution < -0.4 is 4.74 Å². The van der Waals surface area contributed by atoms with Crippen molar-refractivity contribution in [2.24, 2.45) is 0 Å². The molecule has 0 aliphatic heterocycles. The molecule has 2 N–H and O–H groups in total. The van der Waals surface area contributed by atoms with Gasteiger partial charge in [0.15, 0.2) is 6.10 Å². The van der Waals surface area contributed by atoms with Gasteiger partial charge in [-0.2, -0.15) is 0 Å². The summed E-state index contributed by atoms with van der Waals surface area (Å²) >= 11 is 0. The quantitative estimate of drug-likeness (QED) is 0.759. The van der Waals surface area contributed by atoms with E-state index in [1.165, 1.54) is 12.1 Å². The van der Waals surface area contributed by atoms with Gasteiger partial charge in [-0.3, -0.25) is 0 Å². The number of ether oxygens (including phenoxy) is 1. The Hall–Kier alpha value is -1.55. The largest absolute Gasteiger partial charge is 0.494 e. The van der Waals surface area contributed by atoms with E-state index < -0.39 is 12.1 Å². The smallest absolute Gasteiger partial charge is 0.337 e. The van der Waals surface area contributed by atoms with E-state index in [1.54, 1.807) is 12.1 Å². The van der Waals surface area contributed by atoms with E-state index in [1.807, 2.05) is 6.92 Å². The molecule has 14 heavy (non-hydrogen) atoms. The Labute approximate surface area is 81.8 Å². The van der Waals surface area contributed by atoms with E-state index in [4.69, 9.17) is 9.84 Å². The zero-order valence-electron chi connectivity index (χ0n) is 7.80. The first kappa shape index (κ1) is 10.5. The van der Waals surface area contributed by atoms with Crippen LogP contribution in [0, 0.1) is 0 Å². The number of aliphatic carboxylic acids is 1. The first-order valence-electron chi connectivity index (χ1n) is 4.28. The zero-order valence-corrected chi connectivity index (χ0v) is 7.80. The molecule has 0 amide bonds. The summed E-state index contributed by atoms with van der Waals surface area (Å²) in [5, 5.41) is 17.7. The molecular weight excluding hydrogens is 184 g/mol. The second-order valence-electron chi connectivity index (χ2n) is 2.74. The van der Waals surface area contributed by atoms with Gasteiger partial charge >= 0.3 is 5.97 Å². The monoisotopic (exact) mass is 196 g/mol. The van der Waals surface area contributed by atoms with E-state index in [9.17, 15) is 9.90 Å². The highest BCUT2D eigenvalue weighted by atomic mass is 16.5. The highest BCUT2D eigenvalue weighted by Gasteiger charge is 2.15. The van der Waals surface area contributed by atoms with Gasteiger partial charge in [0.05, 0.1) is 6.61 Å². The molecule has 0 aliphatic rings. The van der Waals surface area contributed by atoms with Crippen molar-refractivity contribution in [3.05, 3.63) is 29.8 Å². The van der Waals surface area contributed by atoms with Gasteiger partial charge in [0.2, 0.25) is 0 Å². The van der Waals surface area contributed by atoms with Gasteiger partial charge in [-0.05, 0) is 24.6 Å². The van der Waals surface area contributed by atoms with Crippen LogP contribution in [0.4, 0.5) is 0 Å². The Morgan fingerprint density at radius 2 is 2.00 bits per heavy atom. The number of hydrogen-bond donors (Lipinski definition) is 2. The summed E-state index contributed by atoms with van der Waals surface area (Å²) in [5.41, 5.74) is 0.348. The van der Waals surface area contributed by atoms with Crippen molar-refractivity contribution in [2.45, 2.75) is 13.0 Å². The minimum absolute atomic E-state index is 0.348. The number of benzene rings is 1. The summed E-state index contributed by atoms with van der Waals surface area (Å²) < 4.78 is 5.17. The van der Waals surface area contributed by atoms with Crippen LogP contribution >= 0.6 is 0 Å². The molecule has 0 aromatic heterocycles. The summed E-state index contributed by atoms with van der Waals surface area (Å²) in [7, 11) is 0. The van der Waals surface area contributed by atoms with Gasteiger partial charge in [0, 0.05) is 0 Å². The lowest BCUT2D eigenvalue weighted by Gasteiger charge is -2.07. The Balaban J connectivity index is 2.77. The fraction of sp³-hybridized carbons (Fsp3) is 0.300. The predicted molar refractivity (Wildman–Crippen MR) is 50.2 cm³/mol. The SMILES string of the molecule is CCOc1ccc([C@H](O)C(=O)O)cc1. The number of hydrogen-bond acceptors (Lipinski definition) is 3. The Morgan fingerprint density at radius 3 is 2.43 bits per heavy atom. The maximum atomic E-state index is 10.4.